The Hall–Kier alpha value is -3.32. The second kappa shape index (κ2) is 6.53. The number of benzene rings is 2. The Morgan fingerprint density at radius 2 is 2.04 bits per heavy atom. The lowest BCUT2D eigenvalue weighted by molar-refractivity contribution is -0.113. The van der Waals surface area contributed by atoms with Crippen molar-refractivity contribution < 1.29 is 14.7 Å². The van der Waals surface area contributed by atoms with E-state index >= 15 is 0 Å². The molecule has 3 N–H and O–H groups in total. The summed E-state index contributed by atoms with van der Waals surface area (Å²) in [6.07, 6.45) is 3.66. The van der Waals surface area contributed by atoms with Gasteiger partial charge in [0.05, 0.1) is 10.5 Å². The minimum Gasteiger partial charge on any atom is -0.478 e. The van der Waals surface area contributed by atoms with E-state index in [2.05, 4.69) is 15.3 Å². The fraction of sp³-hybridized carbons (Fsp3) is 0. The van der Waals surface area contributed by atoms with Crippen LogP contribution in [-0.4, -0.2) is 27.1 Å². The van der Waals surface area contributed by atoms with E-state index in [9.17, 15) is 9.59 Å². The van der Waals surface area contributed by atoms with Crippen LogP contribution in [0.4, 0.5) is 5.69 Å². The smallest absolute Gasteiger partial charge is 0.335 e. The van der Waals surface area contributed by atoms with Crippen molar-refractivity contribution in [1.29, 1.82) is 0 Å². The number of aromatic nitrogens is 1. The molecule has 0 radical (unpaired) electrons. The molecule has 0 fully saturated rings. The Labute approximate surface area is 152 Å². The minimum absolute atomic E-state index is 0.166. The molecule has 26 heavy (non-hydrogen) atoms. The topological polar surface area (TPSA) is 94.6 Å². The van der Waals surface area contributed by atoms with Crippen molar-refractivity contribution in [2.24, 2.45) is 4.99 Å². The molecule has 4 rings (SSSR count). The maximum Gasteiger partial charge on any atom is 0.335 e. The summed E-state index contributed by atoms with van der Waals surface area (Å²) in [7, 11) is 0. The van der Waals surface area contributed by atoms with E-state index in [1.165, 1.54) is 23.9 Å². The summed E-state index contributed by atoms with van der Waals surface area (Å²) in [6, 6.07) is 14.2. The fourth-order valence-corrected chi connectivity index (χ4v) is 3.50. The van der Waals surface area contributed by atoms with Crippen molar-refractivity contribution in [2.45, 2.75) is 0 Å². The van der Waals surface area contributed by atoms with E-state index in [0.717, 1.165) is 16.5 Å². The molecule has 1 aliphatic rings. The number of nitrogens with zero attached hydrogens (tertiary/aromatic N) is 1. The van der Waals surface area contributed by atoms with Crippen LogP contribution < -0.4 is 5.32 Å². The first-order chi connectivity index (χ1) is 12.6. The largest absolute Gasteiger partial charge is 0.478 e. The lowest BCUT2D eigenvalue weighted by Crippen LogP contribution is -2.06. The van der Waals surface area contributed by atoms with Crippen molar-refractivity contribution in [2.75, 3.05) is 5.32 Å². The number of aliphatic imine (C=N–C) groups is 1. The number of amides is 1. The number of hydrogen-bond donors (Lipinski definition) is 3. The van der Waals surface area contributed by atoms with Gasteiger partial charge in [-0.1, -0.05) is 24.3 Å². The number of H-pyrrole nitrogens is 1. The van der Waals surface area contributed by atoms with Gasteiger partial charge in [-0.3, -0.25) is 4.79 Å². The molecular weight excluding hydrogens is 350 g/mol. The van der Waals surface area contributed by atoms with Crippen LogP contribution in [0.1, 0.15) is 15.9 Å². The molecule has 0 unspecified atom stereocenters. The van der Waals surface area contributed by atoms with Gasteiger partial charge in [-0.15, -0.1) is 0 Å². The van der Waals surface area contributed by atoms with Crippen LogP contribution in [0.5, 0.6) is 0 Å². The lowest BCUT2D eigenvalue weighted by atomic mass is 10.1. The maximum absolute atomic E-state index is 12.2. The molecule has 0 saturated heterocycles. The predicted molar refractivity (Wildman–Crippen MR) is 103 cm³/mol. The fourth-order valence-electron chi connectivity index (χ4n) is 2.67. The molecule has 128 valence electrons. The number of aromatic carboxylic acids is 1. The summed E-state index contributed by atoms with van der Waals surface area (Å²) in [4.78, 5) is 30.9. The third-order valence-electron chi connectivity index (χ3n) is 3.89. The molecule has 3 aromatic rings. The second-order valence-corrected chi connectivity index (χ2v) is 6.66. The molecule has 7 heteroatoms. The highest BCUT2D eigenvalue weighted by Gasteiger charge is 2.22. The molecule has 1 aliphatic heterocycles. The quantitative estimate of drug-likeness (QED) is 0.613. The Kier molecular flexibility index (Phi) is 4.06. The van der Waals surface area contributed by atoms with Gasteiger partial charge < -0.3 is 15.4 Å². The Morgan fingerprint density at radius 1 is 1.19 bits per heavy atom. The van der Waals surface area contributed by atoms with Gasteiger partial charge in [-0.05, 0) is 42.1 Å². The number of carboxylic acids is 1. The van der Waals surface area contributed by atoms with Crippen LogP contribution in [0.3, 0.4) is 0 Å². The van der Waals surface area contributed by atoms with Crippen LogP contribution in [-0.2, 0) is 4.79 Å². The molecule has 2 heterocycles. The van der Waals surface area contributed by atoms with Crippen LogP contribution in [0.2, 0.25) is 0 Å². The Morgan fingerprint density at radius 3 is 2.88 bits per heavy atom. The number of anilines is 1. The minimum atomic E-state index is -1.01. The Balaban J connectivity index is 1.55. The van der Waals surface area contributed by atoms with Crippen molar-refractivity contribution >= 4 is 51.5 Å². The van der Waals surface area contributed by atoms with Gasteiger partial charge in [0.25, 0.3) is 5.91 Å². The molecule has 2 aromatic carbocycles. The van der Waals surface area contributed by atoms with Crippen molar-refractivity contribution in [1.82, 2.24) is 4.98 Å². The highest BCUT2D eigenvalue weighted by atomic mass is 32.2. The van der Waals surface area contributed by atoms with Crippen LogP contribution in [0.25, 0.3) is 17.0 Å². The molecule has 0 aliphatic carbocycles. The molecule has 1 amide bonds. The van der Waals surface area contributed by atoms with Crippen LogP contribution >= 0.6 is 11.8 Å². The number of nitrogens with one attached hydrogen (secondary N) is 2. The third-order valence-corrected chi connectivity index (χ3v) is 4.79. The van der Waals surface area contributed by atoms with E-state index in [4.69, 9.17) is 5.11 Å². The molecule has 6 nitrogen and oxygen atoms in total. The Bertz CT molecular complexity index is 1100. The zero-order chi connectivity index (χ0) is 18.1. The number of carboxylic acid groups (broad SMARTS) is 1. The van der Waals surface area contributed by atoms with Crippen LogP contribution in [0.15, 0.2) is 64.6 Å². The van der Waals surface area contributed by atoms with Crippen LogP contribution in [0, 0.1) is 0 Å². The zero-order valence-electron chi connectivity index (χ0n) is 13.4. The SMILES string of the molecule is O=C1N=C(Nc2cccc(C(=O)O)c2)S/C1=C\c1c[nH]c2ccccc12. The van der Waals surface area contributed by atoms with Gasteiger partial charge >= 0.3 is 5.97 Å². The predicted octanol–water partition coefficient (Wildman–Crippen LogP) is 3.95. The first-order valence-corrected chi connectivity index (χ1v) is 8.61. The number of aromatic amines is 1. The number of amidine groups is 1. The summed E-state index contributed by atoms with van der Waals surface area (Å²) >= 11 is 1.22. The number of thioether (sulfide) groups is 1. The number of rotatable bonds is 3. The third kappa shape index (κ3) is 3.12. The summed E-state index contributed by atoms with van der Waals surface area (Å²) in [5.74, 6) is -1.33. The normalized spacial score (nSPS) is 15.5. The molecule has 0 bridgehead atoms. The summed E-state index contributed by atoms with van der Waals surface area (Å²) in [6.45, 7) is 0. The highest BCUT2D eigenvalue weighted by molar-refractivity contribution is 8.18. The van der Waals surface area contributed by atoms with Gasteiger partial charge in [-0.25, -0.2) is 4.79 Å². The number of carbonyl (C=O) groups excluding carboxylic acids is 1. The average molecular weight is 363 g/mol. The summed E-state index contributed by atoms with van der Waals surface area (Å²) < 4.78 is 0. The van der Waals surface area contributed by atoms with Crippen molar-refractivity contribution in [3.63, 3.8) is 0 Å². The summed E-state index contributed by atoms with van der Waals surface area (Å²) in [5.41, 5.74) is 2.65. The number of fused-ring (bicyclic) bond motifs is 1. The van der Waals surface area contributed by atoms with E-state index in [1.54, 1.807) is 18.2 Å². The van der Waals surface area contributed by atoms with Crippen molar-refractivity contribution in [3.8, 4) is 0 Å². The molecule has 0 spiro atoms. The number of carbonyl (C=O) groups is 2. The van der Waals surface area contributed by atoms with Gasteiger partial charge in [-0.2, -0.15) is 4.99 Å². The zero-order valence-corrected chi connectivity index (χ0v) is 14.2. The van der Waals surface area contributed by atoms with Gasteiger partial charge in [0.2, 0.25) is 0 Å². The lowest BCUT2D eigenvalue weighted by Gasteiger charge is -2.05. The standard InChI is InChI=1S/C19H13N3O3S/c23-17-16(9-12-10-20-15-7-2-1-6-14(12)15)26-19(22-17)21-13-5-3-4-11(8-13)18(24)25/h1-10,20H,(H,24,25)(H,21,22,23)/b16-9-. The molecule has 0 atom stereocenters. The number of hydrogen-bond acceptors (Lipinski definition) is 4. The first-order valence-electron chi connectivity index (χ1n) is 7.79. The van der Waals surface area contributed by atoms with Gasteiger partial charge in [0.1, 0.15) is 0 Å². The van der Waals surface area contributed by atoms with Crippen molar-refractivity contribution in [3.05, 3.63) is 70.8 Å². The average Bonchev–Trinajstić information content (AvgIpc) is 3.19. The first kappa shape index (κ1) is 16.2. The van der Waals surface area contributed by atoms with E-state index in [0.29, 0.717) is 15.8 Å². The van der Waals surface area contributed by atoms with E-state index < -0.39 is 5.97 Å². The second-order valence-electron chi connectivity index (χ2n) is 5.63. The highest BCUT2D eigenvalue weighted by Crippen LogP contribution is 2.31. The van der Waals surface area contributed by atoms with Gasteiger partial charge in [0, 0.05) is 28.4 Å². The molecular formula is C19H13N3O3S. The van der Waals surface area contributed by atoms with Gasteiger partial charge in [0.15, 0.2) is 5.17 Å². The van der Waals surface area contributed by atoms with E-state index in [-0.39, 0.29) is 11.5 Å². The molecule has 1 aromatic heterocycles. The number of para-hydroxylation sites is 1. The monoisotopic (exact) mass is 363 g/mol. The molecule has 0 saturated carbocycles. The summed E-state index contributed by atoms with van der Waals surface area (Å²) in [5, 5.41) is 13.5. The van der Waals surface area contributed by atoms with E-state index in [1.807, 2.05) is 30.5 Å². The maximum atomic E-state index is 12.2.